The number of hydrogen-bond acceptors (Lipinski definition) is 6. The van der Waals surface area contributed by atoms with Gasteiger partial charge in [-0.1, -0.05) is 19.1 Å². The minimum absolute atomic E-state index is 0.0670. The van der Waals surface area contributed by atoms with Crippen molar-refractivity contribution in [1.82, 2.24) is 4.31 Å². The monoisotopic (exact) mass is 507 g/mol. The van der Waals surface area contributed by atoms with Gasteiger partial charge in [0.15, 0.2) is 6.61 Å². The fourth-order valence-electron chi connectivity index (χ4n) is 2.89. The molecular weight excluding hydrogens is 483 g/mol. The van der Waals surface area contributed by atoms with Gasteiger partial charge < -0.3 is 14.6 Å². The van der Waals surface area contributed by atoms with Crippen molar-refractivity contribution in [3.63, 3.8) is 0 Å². The smallest absolute Gasteiger partial charge is 0.482 e. The van der Waals surface area contributed by atoms with E-state index in [0.717, 1.165) is 26.9 Å². The molecule has 0 saturated carbocycles. The Morgan fingerprint density at radius 2 is 1.82 bits per heavy atom. The number of aryl methyl sites for hydroxylation is 1. The first-order valence-corrected chi connectivity index (χ1v) is 12.3. The van der Waals surface area contributed by atoms with Crippen LogP contribution in [0.1, 0.15) is 18.9 Å². The van der Waals surface area contributed by atoms with E-state index in [0.29, 0.717) is 17.9 Å². The Hall–Kier alpha value is -2.44. The number of para-hydroxylation sites is 1. The van der Waals surface area contributed by atoms with Crippen molar-refractivity contribution in [3.05, 3.63) is 48.0 Å². The molecular formula is C21H24F3NO6S2. The van der Waals surface area contributed by atoms with E-state index in [2.05, 4.69) is 4.74 Å². The lowest BCUT2D eigenvalue weighted by atomic mass is 10.2. The van der Waals surface area contributed by atoms with E-state index in [1.165, 1.54) is 23.9 Å². The highest BCUT2D eigenvalue weighted by molar-refractivity contribution is 7.99. The predicted molar refractivity (Wildman–Crippen MR) is 117 cm³/mol. The molecule has 2 aromatic carbocycles. The molecule has 0 atom stereocenters. The highest BCUT2D eigenvalue weighted by atomic mass is 32.2. The number of thioether (sulfide) groups is 1. The zero-order valence-corrected chi connectivity index (χ0v) is 19.6. The molecule has 0 spiro atoms. The van der Waals surface area contributed by atoms with Crippen LogP contribution in [0.3, 0.4) is 0 Å². The minimum Gasteiger partial charge on any atom is -0.482 e. The number of rotatable bonds is 12. The van der Waals surface area contributed by atoms with Gasteiger partial charge in [0.2, 0.25) is 10.0 Å². The van der Waals surface area contributed by atoms with Crippen molar-refractivity contribution in [2.24, 2.45) is 0 Å². The summed E-state index contributed by atoms with van der Waals surface area (Å²) in [4.78, 5) is 10.9. The lowest BCUT2D eigenvalue weighted by Gasteiger charge is -2.23. The lowest BCUT2D eigenvalue weighted by molar-refractivity contribution is -0.275. The minimum atomic E-state index is -5.02. The molecule has 7 nitrogen and oxygen atoms in total. The van der Waals surface area contributed by atoms with Gasteiger partial charge >= 0.3 is 12.3 Å². The lowest BCUT2D eigenvalue weighted by Crippen LogP contribution is -2.34. The fraction of sp³-hybridized carbons (Fsp3) is 0.381. The largest absolute Gasteiger partial charge is 0.573 e. The third-order valence-corrected chi connectivity index (χ3v) is 7.18. The van der Waals surface area contributed by atoms with Crippen LogP contribution in [0.2, 0.25) is 0 Å². The standard InChI is InChI=1S/C21H24F3NO6S2/c1-3-10-25(33(28,29)19-7-5-4-6-18(19)31-21(22,23)24)11-12-32-16-8-9-17(15(2)13-16)30-14-20(26)27/h4-9,13H,3,10-12,14H2,1-2H3,(H,26,27). The number of sulfonamides is 1. The summed E-state index contributed by atoms with van der Waals surface area (Å²) in [6.45, 7) is 3.26. The maximum absolute atomic E-state index is 13.1. The molecule has 0 bridgehead atoms. The summed E-state index contributed by atoms with van der Waals surface area (Å²) >= 11 is 1.36. The van der Waals surface area contributed by atoms with Crippen molar-refractivity contribution in [1.29, 1.82) is 0 Å². The van der Waals surface area contributed by atoms with Gasteiger partial charge in [0, 0.05) is 23.7 Å². The van der Waals surface area contributed by atoms with Crippen LogP contribution in [0.15, 0.2) is 52.3 Å². The molecule has 1 N–H and O–H groups in total. The summed E-state index contributed by atoms with van der Waals surface area (Å²) in [7, 11) is -4.23. The van der Waals surface area contributed by atoms with Crippen LogP contribution in [0.5, 0.6) is 11.5 Å². The van der Waals surface area contributed by atoms with Crippen molar-refractivity contribution >= 4 is 27.8 Å². The van der Waals surface area contributed by atoms with Gasteiger partial charge in [-0.3, -0.25) is 0 Å². The van der Waals surface area contributed by atoms with E-state index >= 15 is 0 Å². The number of halogens is 3. The number of carboxylic acids is 1. The van der Waals surface area contributed by atoms with E-state index in [-0.39, 0.29) is 13.1 Å². The summed E-state index contributed by atoms with van der Waals surface area (Å²) in [5.74, 6) is -1.09. The number of benzene rings is 2. The maximum Gasteiger partial charge on any atom is 0.573 e. The Labute approximate surface area is 194 Å². The van der Waals surface area contributed by atoms with Crippen LogP contribution >= 0.6 is 11.8 Å². The molecule has 182 valence electrons. The predicted octanol–water partition coefficient (Wildman–Crippen LogP) is 4.55. The van der Waals surface area contributed by atoms with Crippen LogP contribution in [0.4, 0.5) is 13.2 Å². The highest BCUT2D eigenvalue weighted by Gasteiger charge is 2.35. The van der Waals surface area contributed by atoms with E-state index in [1.807, 2.05) is 0 Å². The number of alkyl halides is 3. The summed E-state index contributed by atoms with van der Waals surface area (Å²) in [6, 6.07) is 9.80. The van der Waals surface area contributed by atoms with Gasteiger partial charge in [-0.2, -0.15) is 4.31 Å². The molecule has 0 aliphatic rings. The molecule has 0 radical (unpaired) electrons. The molecule has 0 aliphatic heterocycles. The summed E-state index contributed by atoms with van der Waals surface area (Å²) < 4.78 is 74.6. The van der Waals surface area contributed by atoms with Crippen LogP contribution in [0.25, 0.3) is 0 Å². The van der Waals surface area contributed by atoms with Gasteiger partial charge in [0.1, 0.15) is 16.4 Å². The average molecular weight is 508 g/mol. The molecule has 12 heteroatoms. The Kier molecular flexibility index (Phi) is 9.44. The second-order valence-electron chi connectivity index (χ2n) is 6.86. The summed E-state index contributed by atoms with van der Waals surface area (Å²) in [5.41, 5.74) is 0.720. The topological polar surface area (TPSA) is 93.1 Å². The first-order valence-electron chi connectivity index (χ1n) is 9.87. The molecule has 0 saturated heterocycles. The molecule has 33 heavy (non-hydrogen) atoms. The van der Waals surface area contributed by atoms with Gasteiger partial charge in [0.05, 0.1) is 0 Å². The molecule has 0 aliphatic carbocycles. The molecule has 0 amide bonds. The van der Waals surface area contributed by atoms with Crippen molar-refractivity contribution in [3.8, 4) is 11.5 Å². The van der Waals surface area contributed by atoms with Crippen LogP contribution in [0, 0.1) is 6.92 Å². The molecule has 0 heterocycles. The quantitative estimate of drug-likeness (QED) is 0.421. The number of ether oxygens (including phenoxy) is 2. The highest BCUT2D eigenvalue weighted by Crippen LogP contribution is 2.32. The third kappa shape index (κ3) is 8.13. The summed E-state index contributed by atoms with van der Waals surface area (Å²) in [5, 5.41) is 8.71. The Balaban J connectivity index is 2.12. The molecule has 0 fully saturated rings. The van der Waals surface area contributed by atoms with Crippen molar-refractivity contribution < 1.29 is 41.0 Å². The zero-order valence-electron chi connectivity index (χ0n) is 18.0. The first kappa shape index (κ1) is 26.8. The third-order valence-electron chi connectivity index (χ3n) is 4.27. The number of carboxylic acid groups (broad SMARTS) is 1. The second-order valence-corrected chi connectivity index (χ2v) is 9.93. The van der Waals surface area contributed by atoms with Crippen molar-refractivity contribution in [2.75, 3.05) is 25.4 Å². The normalized spacial score (nSPS) is 12.1. The summed E-state index contributed by atoms with van der Waals surface area (Å²) in [6.07, 6.45) is -4.55. The van der Waals surface area contributed by atoms with Crippen molar-refractivity contribution in [2.45, 2.75) is 36.4 Å². The number of aliphatic carboxylic acids is 1. The molecule has 0 unspecified atom stereocenters. The van der Waals surface area contributed by atoms with Gasteiger partial charge in [-0.15, -0.1) is 24.9 Å². The Morgan fingerprint density at radius 3 is 2.42 bits per heavy atom. The first-order chi connectivity index (χ1) is 15.4. The fourth-order valence-corrected chi connectivity index (χ4v) is 5.63. The maximum atomic E-state index is 13.1. The SMILES string of the molecule is CCCN(CCSc1ccc(OCC(=O)O)c(C)c1)S(=O)(=O)c1ccccc1OC(F)(F)F. The number of nitrogens with zero attached hydrogens (tertiary/aromatic N) is 1. The number of carbonyl (C=O) groups is 1. The van der Waals surface area contributed by atoms with E-state index in [4.69, 9.17) is 9.84 Å². The van der Waals surface area contributed by atoms with Crippen LogP contribution in [-0.2, 0) is 14.8 Å². The second kappa shape index (κ2) is 11.6. The van der Waals surface area contributed by atoms with Gasteiger partial charge in [-0.25, -0.2) is 13.2 Å². The van der Waals surface area contributed by atoms with Crippen LogP contribution in [-0.4, -0.2) is 55.6 Å². The number of hydrogen-bond donors (Lipinski definition) is 1. The van der Waals surface area contributed by atoms with E-state index < -0.39 is 39.6 Å². The van der Waals surface area contributed by atoms with Crippen LogP contribution < -0.4 is 9.47 Å². The van der Waals surface area contributed by atoms with Gasteiger partial charge in [-0.05, 0) is 49.2 Å². The Morgan fingerprint density at radius 1 is 1.12 bits per heavy atom. The van der Waals surface area contributed by atoms with E-state index in [9.17, 15) is 26.4 Å². The van der Waals surface area contributed by atoms with E-state index in [1.54, 1.807) is 32.0 Å². The Bertz CT molecular complexity index is 1060. The van der Waals surface area contributed by atoms with Gasteiger partial charge in [0.25, 0.3) is 0 Å². The zero-order chi connectivity index (χ0) is 24.6. The average Bonchev–Trinajstić information content (AvgIpc) is 2.71. The molecule has 2 rings (SSSR count). The molecule has 0 aromatic heterocycles. The molecule has 2 aromatic rings.